The lowest BCUT2D eigenvalue weighted by molar-refractivity contribution is -0.129. The molecule has 0 aliphatic heterocycles. The maximum atomic E-state index is 12.6. The van der Waals surface area contributed by atoms with Crippen LogP contribution in [0.3, 0.4) is 0 Å². The second-order valence-corrected chi connectivity index (χ2v) is 10.2. The second kappa shape index (κ2) is 9.87. The topological polar surface area (TPSA) is 115 Å². The van der Waals surface area contributed by atoms with Crippen molar-refractivity contribution in [1.82, 2.24) is 14.5 Å². The van der Waals surface area contributed by atoms with E-state index in [1.165, 1.54) is 29.9 Å². The van der Waals surface area contributed by atoms with Crippen LogP contribution in [-0.2, 0) is 22.6 Å². The monoisotopic (exact) mass is 506 g/mol. The minimum absolute atomic E-state index is 0.0919. The molecule has 35 heavy (non-hydrogen) atoms. The van der Waals surface area contributed by atoms with Gasteiger partial charge in [-0.25, -0.2) is 8.42 Å². The molecule has 0 unspecified atom stereocenters. The van der Waals surface area contributed by atoms with Gasteiger partial charge in [0, 0.05) is 24.4 Å². The highest BCUT2D eigenvalue weighted by atomic mass is 32.2. The van der Waals surface area contributed by atoms with Gasteiger partial charge in [0.05, 0.1) is 34.9 Å². The Labute approximate surface area is 199 Å². The summed E-state index contributed by atoms with van der Waals surface area (Å²) in [4.78, 5) is 20.5. The summed E-state index contributed by atoms with van der Waals surface area (Å²) in [5.74, 6) is -1.71. The number of hydrogen-bond acceptors (Lipinski definition) is 7. The lowest BCUT2D eigenvalue weighted by Gasteiger charge is -2.13. The molecule has 8 nitrogen and oxygen atoms in total. The maximum Gasteiger partial charge on any atom is 0.390 e. The predicted octanol–water partition coefficient (Wildman–Crippen LogP) is 3.99. The van der Waals surface area contributed by atoms with Crippen LogP contribution in [0, 0.1) is 25.2 Å². The molecule has 0 bridgehead atoms. The van der Waals surface area contributed by atoms with Crippen LogP contribution in [0.2, 0.25) is 0 Å². The number of benzene rings is 1. The Morgan fingerprint density at radius 1 is 1.14 bits per heavy atom. The Balaban J connectivity index is 2.10. The van der Waals surface area contributed by atoms with Crippen molar-refractivity contribution in [3.63, 3.8) is 0 Å². The Morgan fingerprint density at radius 2 is 1.86 bits per heavy atom. The zero-order valence-electron chi connectivity index (χ0n) is 19.0. The first-order chi connectivity index (χ1) is 16.3. The molecule has 0 spiro atoms. The van der Waals surface area contributed by atoms with Crippen molar-refractivity contribution in [3.05, 3.63) is 69.3 Å². The van der Waals surface area contributed by atoms with Crippen LogP contribution in [0.25, 0.3) is 11.3 Å². The zero-order chi connectivity index (χ0) is 26.0. The Kier molecular flexibility index (Phi) is 7.30. The highest BCUT2D eigenvalue weighted by Crippen LogP contribution is 2.29. The molecule has 12 heteroatoms. The SMILES string of the molecule is Cc1cccc(C#N)c1Oc1nc(CS(=O)(=O)CCC(F)(F)F)cc(-c2cc(C)c(=O)n(C)c2)n1. The lowest BCUT2D eigenvalue weighted by atomic mass is 10.1. The van der Waals surface area contributed by atoms with Crippen LogP contribution in [0.4, 0.5) is 13.2 Å². The van der Waals surface area contributed by atoms with E-state index in [4.69, 9.17) is 4.74 Å². The van der Waals surface area contributed by atoms with Crippen LogP contribution in [0.5, 0.6) is 11.8 Å². The summed E-state index contributed by atoms with van der Waals surface area (Å²) in [7, 11) is -2.64. The number of hydrogen-bond donors (Lipinski definition) is 0. The first kappa shape index (κ1) is 25.9. The fourth-order valence-corrected chi connectivity index (χ4v) is 4.58. The summed E-state index contributed by atoms with van der Waals surface area (Å²) in [6, 6.07) is 9.43. The third-order valence-electron chi connectivity index (χ3n) is 5.01. The van der Waals surface area contributed by atoms with E-state index in [1.807, 2.05) is 6.07 Å². The molecule has 3 aromatic rings. The fraction of sp³-hybridized carbons (Fsp3) is 0.304. The maximum absolute atomic E-state index is 12.6. The van der Waals surface area contributed by atoms with E-state index in [0.29, 0.717) is 16.7 Å². The number of rotatable bonds is 7. The Morgan fingerprint density at radius 3 is 2.49 bits per heavy atom. The molecule has 2 heterocycles. The predicted molar refractivity (Wildman–Crippen MR) is 122 cm³/mol. The normalized spacial score (nSPS) is 11.8. The smallest absolute Gasteiger partial charge is 0.390 e. The van der Waals surface area contributed by atoms with Gasteiger partial charge in [0.2, 0.25) is 0 Å². The van der Waals surface area contributed by atoms with Gasteiger partial charge in [0.1, 0.15) is 6.07 Å². The minimum Gasteiger partial charge on any atom is -0.423 e. The van der Waals surface area contributed by atoms with Crippen molar-refractivity contribution >= 4 is 9.84 Å². The summed E-state index contributed by atoms with van der Waals surface area (Å²) in [5.41, 5.74) is 1.49. The standard InChI is InChI=1S/C23H21F3N4O4S/c1-14-5-4-6-16(11-27)20(14)34-22-28-18(13-35(32,33)8-7-23(24,25)26)10-19(29-22)17-9-15(2)21(31)30(3)12-17/h4-6,9-10,12H,7-8,13H2,1-3H3. The number of para-hydroxylation sites is 1. The van der Waals surface area contributed by atoms with E-state index in [2.05, 4.69) is 9.97 Å². The largest absolute Gasteiger partial charge is 0.423 e. The van der Waals surface area contributed by atoms with Gasteiger partial charge in [0.15, 0.2) is 15.6 Å². The van der Waals surface area contributed by atoms with E-state index >= 15 is 0 Å². The van der Waals surface area contributed by atoms with Crippen LogP contribution in [-0.4, -0.2) is 34.9 Å². The van der Waals surface area contributed by atoms with Crippen molar-refractivity contribution in [2.45, 2.75) is 32.2 Å². The first-order valence-corrected chi connectivity index (χ1v) is 12.1. The molecule has 0 amide bonds. The molecule has 0 radical (unpaired) electrons. The van der Waals surface area contributed by atoms with Crippen LogP contribution >= 0.6 is 0 Å². The van der Waals surface area contributed by atoms with Crippen molar-refractivity contribution < 1.29 is 26.3 Å². The highest BCUT2D eigenvalue weighted by Gasteiger charge is 2.30. The summed E-state index contributed by atoms with van der Waals surface area (Å²) in [6.07, 6.45) is -4.62. The molecule has 0 saturated carbocycles. The number of alkyl halides is 3. The molecule has 3 rings (SSSR count). The van der Waals surface area contributed by atoms with E-state index in [1.54, 1.807) is 32.0 Å². The molecule has 184 valence electrons. The van der Waals surface area contributed by atoms with Gasteiger partial charge in [-0.3, -0.25) is 4.79 Å². The zero-order valence-corrected chi connectivity index (χ0v) is 19.9. The van der Waals surface area contributed by atoms with E-state index in [-0.39, 0.29) is 34.3 Å². The number of aryl methyl sites for hydroxylation is 3. The molecule has 0 fully saturated rings. The number of nitrogens with zero attached hydrogens (tertiary/aromatic N) is 4. The molecule has 0 aliphatic carbocycles. The summed E-state index contributed by atoms with van der Waals surface area (Å²) < 4.78 is 69.6. The fourth-order valence-electron chi connectivity index (χ4n) is 3.29. The van der Waals surface area contributed by atoms with Crippen molar-refractivity contribution in [2.24, 2.45) is 7.05 Å². The number of sulfone groups is 1. The Bertz CT molecular complexity index is 1450. The van der Waals surface area contributed by atoms with Crippen molar-refractivity contribution in [1.29, 1.82) is 5.26 Å². The number of pyridine rings is 1. The number of ether oxygens (including phenoxy) is 1. The molecule has 1 aromatic carbocycles. The van der Waals surface area contributed by atoms with Gasteiger partial charge in [-0.1, -0.05) is 12.1 Å². The summed E-state index contributed by atoms with van der Waals surface area (Å²) >= 11 is 0. The van der Waals surface area contributed by atoms with Gasteiger partial charge in [-0.15, -0.1) is 0 Å². The molecule has 2 aromatic heterocycles. The van der Waals surface area contributed by atoms with E-state index < -0.39 is 33.9 Å². The quantitative estimate of drug-likeness (QED) is 0.476. The van der Waals surface area contributed by atoms with E-state index in [9.17, 15) is 31.6 Å². The molecule has 0 aliphatic rings. The average Bonchev–Trinajstić information content (AvgIpc) is 2.76. The minimum atomic E-state index is -4.62. The summed E-state index contributed by atoms with van der Waals surface area (Å²) in [6.45, 7) is 3.29. The average molecular weight is 507 g/mol. The van der Waals surface area contributed by atoms with Gasteiger partial charge >= 0.3 is 12.2 Å². The van der Waals surface area contributed by atoms with Gasteiger partial charge in [0.25, 0.3) is 5.56 Å². The van der Waals surface area contributed by atoms with Gasteiger partial charge < -0.3 is 9.30 Å². The lowest BCUT2D eigenvalue weighted by Crippen LogP contribution is -2.19. The van der Waals surface area contributed by atoms with Gasteiger partial charge in [-0.05, 0) is 37.6 Å². The summed E-state index contributed by atoms with van der Waals surface area (Å²) in [5, 5.41) is 9.40. The second-order valence-electron chi connectivity index (χ2n) is 7.98. The third kappa shape index (κ3) is 6.66. The molecule has 0 atom stereocenters. The molecular weight excluding hydrogens is 485 g/mol. The number of aromatic nitrogens is 3. The van der Waals surface area contributed by atoms with Gasteiger partial charge in [-0.2, -0.15) is 28.4 Å². The van der Waals surface area contributed by atoms with Crippen LogP contribution in [0.1, 0.15) is 28.8 Å². The number of nitriles is 1. The highest BCUT2D eigenvalue weighted by molar-refractivity contribution is 7.90. The van der Waals surface area contributed by atoms with Crippen LogP contribution < -0.4 is 10.3 Å². The molecule has 0 saturated heterocycles. The number of halogens is 3. The third-order valence-corrected chi connectivity index (χ3v) is 6.57. The Hall–Kier alpha value is -3.72. The van der Waals surface area contributed by atoms with E-state index in [0.717, 1.165) is 0 Å². The van der Waals surface area contributed by atoms with Crippen molar-refractivity contribution in [3.8, 4) is 29.1 Å². The van der Waals surface area contributed by atoms with Crippen molar-refractivity contribution in [2.75, 3.05) is 5.75 Å². The first-order valence-electron chi connectivity index (χ1n) is 10.3. The van der Waals surface area contributed by atoms with Crippen LogP contribution in [0.15, 0.2) is 41.3 Å². The molecular formula is C23H21F3N4O4S. The molecule has 0 N–H and O–H groups in total.